The van der Waals surface area contributed by atoms with Crippen LogP contribution >= 0.6 is 0 Å². The van der Waals surface area contributed by atoms with Gasteiger partial charge < -0.3 is 10.1 Å². The summed E-state index contributed by atoms with van der Waals surface area (Å²) in [7, 11) is 0. The molecular formula is C10H8F5NO. The highest BCUT2D eigenvalue weighted by molar-refractivity contribution is 5.30. The first-order valence-corrected chi connectivity index (χ1v) is 4.77. The molecule has 0 spiro atoms. The molecule has 1 N–H and O–H groups in total. The lowest BCUT2D eigenvalue weighted by molar-refractivity contribution is 0.0253. The van der Waals surface area contributed by atoms with E-state index in [2.05, 4.69) is 5.32 Å². The van der Waals surface area contributed by atoms with Gasteiger partial charge in [-0.15, -0.1) is 0 Å². The van der Waals surface area contributed by atoms with Crippen molar-refractivity contribution in [2.24, 2.45) is 0 Å². The quantitative estimate of drug-likeness (QED) is 0.495. The Bertz CT molecular complexity index is 443. The summed E-state index contributed by atoms with van der Waals surface area (Å²) in [4.78, 5) is 0. The highest BCUT2D eigenvalue weighted by Gasteiger charge is 2.37. The number of hydrogen-bond acceptors (Lipinski definition) is 2. The standard InChI is InChI=1S/C10H8F5NO/c1-10(2-16-3-10)17-9-7(14)5(12)4(11)6(13)8(9)15/h16H,2-3H2,1H3. The second-order valence-electron chi connectivity index (χ2n) is 4.05. The van der Waals surface area contributed by atoms with E-state index >= 15 is 0 Å². The van der Waals surface area contributed by atoms with Crippen molar-refractivity contribution in [3.05, 3.63) is 29.1 Å². The maximum Gasteiger partial charge on any atom is 0.207 e. The minimum absolute atomic E-state index is 0.270. The third-order valence-corrected chi connectivity index (χ3v) is 2.52. The van der Waals surface area contributed by atoms with Gasteiger partial charge in [0.05, 0.1) is 0 Å². The Hall–Kier alpha value is -1.37. The van der Waals surface area contributed by atoms with E-state index in [1.165, 1.54) is 6.92 Å². The van der Waals surface area contributed by atoms with Crippen molar-refractivity contribution in [3.8, 4) is 5.75 Å². The fourth-order valence-electron chi connectivity index (χ4n) is 1.47. The van der Waals surface area contributed by atoms with Crippen LogP contribution in [0.25, 0.3) is 0 Å². The van der Waals surface area contributed by atoms with E-state index in [0.29, 0.717) is 0 Å². The Morgan fingerprint density at radius 3 is 1.65 bits per heavy atom. The lowest BCUT2D eigenvalue weighted by atomic mass is 10.00. The van der Waals surface area contributed by atoms with Gasteiger partial charge in [0.15, 0.2) is 5.75 Å². The monoisotopic (exact) mass is 253 g/mol. The van der Waals surface area contributed by atoms with Crippen LogP contribution in [0.15, 0.2) is 0 Å². The van der Waals surface area contributed by atoms with Gasteiger partial charge in [-0.2, -0.15) is 8.78 Å². The number of ether oxygens (including phenoxy) is 1. The second kappa shape index (κ2) is 3.83. The summed E-state index contributed by atoms with van der Waals surface area (Å²) < 4.78 is 69.7. The van der Waals surface area contributed by atoms with Crippen molar-refractivity contribution in [2.75, 3.05) is 13.1 Å². The van der Waals surface area contributed by atoms with Crippen molar-refractivity contribution in [1.82, 2.24) is 5.32 Å². The van der Waals surface area contributed by atoms with Crippen molar-refractivity contribution < 1.29 is 26.7 Å². The summed E-state index contributed by atoms with van der Waals surface area (Å²) in [6, 6.07) is 0. The molecule has 1 fully saturated rings. The van der Waals surface area contributed by atoms with Crippen LogP contribution in [-0.2, 0) is 0 Å². The van der Waals surface area contributed by atoms with Gasteiger partial charge in [0.2, 0.25) is 29.1 Å². The second-order valence-corrected chi connectivity index (χ2v) is 4.05. The predicted molar refractivity (Wildman–Crippen MR) is 48.1 cm³/mol. The molecule has 1 aliphatic rings. The predicted octanol–water partition coefficient (Wildman–Crippen LogP) is 2.12. The van der Waals surface area contributed by atoms with Gasteiger partial charge in [0.25, 0.3) is 0 Å². The van der Waals surface area contributed by atoms with Crippen LogP contribution < -0.4 is 10.1 Å². The van der Waals surface area contributed by atoms with E-state index in [1.807, 2.05) is 0 Å². The normalized spacial score (nSPS) is 17.8. The van der Waals surface area contributed by atoms with E-state index in [4.69, 9.17) is 4.74 Å². The van der Waals surface area contributed by atoms with Crippen LogP contribution in [-0.4, -0.2) is 18.7 Å². The van der Waals surface area contributed by atoms with Crippen LogP contribution in [0.2, 0.25) is 0 Å². The lowest BCUT2D eigenvalue weighted by Gasteiger charge is -2.39. The van der Waals surface area contributed by atoms with Crippen molar-refractivity contribution in [1.29, 1.82) is 0 Å². The summed E-state index contributed by atoms with van der Waals surface area (Å²) in [6.45, 7) is 2.04. The minimum atomic E-state index is -2.19. The van der Waals surface area contributed by atoms with Crippen LogP contribution in [0, 0.1) is 29.1 Å². The largest absolute Gasteiger partial charge is 0.479 e. The Morgan fingerprint density at radius 2 is 1.29 bits per heavy atom. The smallest absolute Gasteiger partial charge is 0.207 e. The molecule has 2 nitrogen and oxygen atoms in total. The summed E-state index contributed by atoms with van der Waals surface area (Å²) in [6.07, 6.45) is 0. The third-order valence-electron chi connectivity index (χ3n) is 2.52. The Labute approximate surface area is 93.4 Å². The highest BCUT2D eigenvalue weighted by Crippen LogP contribution is 2.32. The Morgan fingerprint density at radius 1 is 0.882 bits per heavy atom. The molecule has 1 aliphatic heterocycles. The van der Waals surface area contributed by atoms with Crippen molar-refractivity contribution in [2.45, 2.75) is 12.5 Å². The van der Waals surface area contributed by atoms with Crippen LogP contribution in [0.3, 0.4) is 0 Å². The summed E-state index contributed by atoms with van der Waals surface area (Å²) in [5, 5.41) is 2.77. The lowest BCUT2D eigenvalue weighted by Crippen LogP contribution is -2.61. The molecule has 17 heavy (non-hydrogen) atoms. The van der Waals surface area contributed by atoms with Gasteiger partial charge in [0, 0.05) is 13.1 Å². The maximum atomic E-state index is 13.2. The number of benzene rings is 1. The molecule has 0 radical (unpaired) electrons. The van der Waals surface area contributed by atoms with Gasteiger partial charge in [-0.3, -0.25) is 0 Å². The molecule has 0 bridgehead atoms. The average Bonchev–Trinajstić information content (AvgIpc) is 2.27. The molecular weight excluding hydrogens is 245 g/mol. The Balaban J connectivity index is 2.46. The minimum Gasteiger partial charge on any atom is -0.479 e. The van der Waals surface area contributed by atoms with Crippen molar-refractivity contribution in [3.63, 3.8) is 0 Å². The number of halogens is 5. The number of rotatable bonds is 2. The Kier molecular flexibility index (Phi) is 2.73. The molecule has 1 aromatic rings. The van der Waals surface area contributed by atoms with E-state index < -0.39 is 40.4 Å². The fraction of sp³-hybridized carbons (Fsp3) is 0.400. The van der Waals surface area contributed by atoms with Crippen LogP contribution in [0.4, 0.5) is 22.0 Å². The van der Waals surface area contributed by atoms with E-state index in [9.17, 15) is 22.0 Å². The molecule has 2 rings (SSSR count). The van der Waals surface area contributed by atoms with Crippen molar-refractivity contribution >= 4 is 0 Å². The maximum absolute atomic E-state index is 13.2. The van der Waals surface area contributed by atoms with Crippen LogP contribution in [0.5, 0.6) is 5.75 Å². The molecule has 0 unspecified atom stereocenters. The molecule has 1 aromatic carbocycles. The fourth-order valence-corrected chi connectivity index (χ4v) is 1.47. The van der Waals surface area contributed by atoms with Gasteiger partial charge in [0.1, 0.15) is 5.60 Å². The molecule has 1 heterocycles. The molecule has 94 valence electrons. The zero-order chi connectivity index (χ0) is 12.8. The topological polar surface area (TPSA) is 21.3 Å². The molecule has 0 aliphatic carbocycles. The average molecular weight is 253 g/mol. The van der Waals surface area contributed by atoms with Gasteiger partial charge in [-0.25, -0.2) is 13.2 Å². The zero-order valence-electron chi connectivity index (χ0n) is 8.71. The first-order chi connectivity index (χ1) is 7.86. The third kappa shape index (κ3) is 1.84. The van der Waals surface area contributed by atoms with E-state index in [-0.39, 0.29) is 13.1 Å². The molecule has 7 heteroatoms. The molecule has 1 saturated heterocycles. The van der Waals surface area contributed by atoms with E-state index in [1.54, 1.807) is 0 Å². The highest BCUT2D eigenvalue weighted by atomic mass is 19.2. The number of nitrogens with one attached hydrogen (secondary N) is 1. The molecule has 0 atom stereocenters. The first kappa shape index (κ1) is 12.1. The zero-order valence-corrected chi connectivity index (χ0v) is 8.71. The summed E-state index contributed by atoms with van der Waals surface area (Å²) in [5.74, 6) is -11.3. The van der Waals surface area contributed by atoms with Gasteiger partial charge in [-0.1, -0.05) is 0 Å². The summed E-state index contributed by atoms with van der Waals surface area (Å²) >= 11 is 0. The van der Waals surface area contributed by atoms with Gasteiger partial charge in [-0.05, 0) is 6.92 Å². The molecule has 0 aromatic heterocycles. The first-order valence-electron chi connectivity index (χ1n) is 4.77. The van der Waals surface area contributed by atoms with E-state index in [0.717, 1.165) is 0 Å². The molecule has 0 amide bonds. The summed E-state index contributed by atoms with van der Waals surface area (Å²) in [5.41, 5.74) is -0.960. The number of hydrogen-bond donors (Lipinski definition) is 1. The van der Waals surface area contributed by atoms with Gasteiger partial charge >= 0.3 is 0 Å². The SMILES string of the molecule is CC1(Oc2c(F)c(F)c(F)c(F)c2F)CNC1. The van der Waals surface area contributed by atoms with Crippen LogP contribution in [0.1, 0.15) is 6.92 Å². The molecule has 0 saturated carbocycles.